The van der Waals surface area contributed by atoms with Gasteiger partial charge in [0.15, 0.2) is 16.6 Å². The van der Waals surface area contributed by atoms with Gasteiger partial charge in [-0.3, -0.25) is 0 Å². The molecule has 2 aromatic rings. The molecule has 0 saturated heterocycles. The third-order valence-electron chi connectivity index (χ3n) is 3.23. The van der Waals surface area contributed by atoms with E-state index in [0.717, 1.165) is 11.4 Å². The highest BCUT2D eigenvalue weighted by Crippen LogP contribution is 2.32. The molecule has 0 fully saturated rings. The van der Waals surface area contributed by atoms with Gasteiger partial charge in [-0.05, 0) is 49.0 Å². The summed E-state index contributed by atoms with van der Waals surface area (Å²) in [4.78, 5) is 0. The van der Waals surface area contributed by atoms with E-state index >= 15 is 0 Å². The molecule has 4 nitrogen and oxygen atoms in total. The Kier molecular flexibility index (Phi) is 4.11. The van der Waals surface area contributed by atoms with Crippen LogP contribution in [0.5, 0.6) is 11.5 Å². The minimum atomic E-state index is -0.271. The van der Waals surface area contributed by atoms with Crippen molar-refractivity contribution in [3.8, 4) is 11.5 Å². The fraction of sp³-hybridized carbons (Fsp3) is 0.188. The lowest BCUT2D eigenvalue weighted by atomic mass is 10.2. The zero-order valence-electron chi connectivity index (χ0n) is 12.0. The van der Waals surface area contributed by atoms with Crippen LogP contribution in [0.1, 0.15) is 5.56 Å². The molecule has 0 aromatic heterocycles. The molecular weight excluding hydrogens is 303 g/mol. The van der Waals surface area contributed by atoms with Crippen LogP contribution in [-0.2, 0) is 0 Å². The van der Waals surface area contributed by atoms with Crippen LogP contribution < -0.4 is 20.1 Å². The lowest BCUT2D eigenvalue weighted by molar-refractivity contribution is 0.171. The molecule has 22 heavy (non-hydrogen) atoms. The molecule has 0 amide bonds. The molecule has 2 aromatic carbocycles. The molecule has 0 unspecified atom stereocenters. The number of hydrogen-bond donors (Lipinski definition) is 2. The van der Waals surface area contributed by atoms with Crippen molar-refractivity contribution in [3.05, 3.63) is 47.8 Å². The van der Waals surface area contributed by atoms with Gasteiger partial charge in [0.25, 0.3) is 0 Å². The maximum atomic E-state index is 13.5. The predicted molar refractivity (Wildman–Crippen MR) is 88.4 cm³/mol. The summed E-state index contributed by atoms with van der Waals surface area (Å²) in [5.74, 6) is 1.13. The van der Waals surface area contributed by atoms with Crippen LogP contribution in [0.4, 0.5) is 15.8 Å². The van der Waals surface area contributed by atoms with Crippen molar-refractivity contribution >= 4 is 28.7 Å². The number of fused-ring (bicyclic) bond motifs is 1. The van der Waals surface area contributed by atoms with Crippen molar-refractivity contribution in [2.45, 2.75) is 6.92 Å². The number of rotatable bonds is 2. The molecule has 0 saturated carbocycles. The van der Waals surface area contributed by atoms with Crippen LogP contribution in [0.2, 0.25) is 0 Å². The first-order valence-electron chi connectivity index (χ1n) is 6.85. The van der Waals surface area contributed by atoms with E-state index in [4.69, 9.17) is 21.7 Å². The van der Waals surface area contributed by atoms with Gasteiger partial charge in [-0.1, -0.05) is 6.07 Å². The minimum absolute atomic E-state index is 0.271. The molecule has 2 N–H and O–H groups in total. The number of thiocarbonyl (C=S) groups is 1. The number of aryl methyl sites for hydroxylation is 1. The molecule has 6 heteroatoms. The van der Waals surface area contributed by atoms with Gasteiger partial charge in [0, 0.05) is 17.4 Å². The summed E-state index contributed by atoms with van der Waals surface area (Å²) in [7, 11) is 0. The quantitative estimate of drug-likeness (QED) is 0.826. The second-order valence-corrected chi connectivity index (χ2v) is 5.31. The second-order valence-electron chi connectivity index (χ2n) is 4.90. The number of ether oxygens (including phenoxy) is 2. The summed E-state index contributed by atoms with van der Waals surface area (Å²) in [6, 6.07) is 10.4. The van der Waals surface area contributed by atoms with E-state index in [-0.39, 0.29) is 5.82 Å². The Labute approximate surface area is 133 Å². The summed E-state index contributed by atoms with van der Waals surface area (Å²) in [6.07, 6.45) is 0. The average molecular weight is 318 g/mol. The van der Waals surface area contributed by atoms with Gasteiger partial charge < -0.3 is 20.1 Å². The summed E-state index contributed by atoms with van der Waals surface area (Å²) in [5.41, 5.74) is 1.96. The molecule has 114 valence electrons. The van der Waals surface area contributed by atoms with E-state index in [1.807, 2.05) is 18.2 Å². The summed E-state index contributed by atoms with van der Waals surface area (Å²) >= 11 is 5.23. The maximum absolute atomic E-state index is 13.5. The van der Waals surface area contributed by atoms with Crippen LogP contribution in [-0.4, -0.2) is 18.3 Å². The van der Waals surface area contributed by atoms with E-state index < -0.39 is 0 Å². The van der Waals surface area contributed by atoms with Crippen LogP contribution >= 0.6 is 12.2 Å². The monoisotopic (exact) mass is 318 g/mol. The molecule has 1 aliphatic heterocycles. The van der Waals surface area contributed by atoms with Gasteiger partial charge in [0.05, 0.1) is 0 Å². The average Bonchev–Trinajstić information content (AvgIpc) is 2.51. The number of anilines is 2. The summed E-state index contributed by atoms with van der Waals surface area (Å²) in [6.45, 7) is 2.80. The van der Waals surface area contributed by atoms with E-state index in [2.05, 4.69) is 10.6 Å². The normalized spacial score (nSPS) is 12.6. The van der Waals surface area contributed by atoms with Crippen LogP contribution in [0.3, 0.4) is 0 Å². The largest absolute Gasteiger partial charge is 0.486 e. The number of halogens is 1. The Bertz CT molecular complexity index is 721. The first-order valence-corrected chi connectivity index (χ1v) is 7.26. The first kappa shape index (κ1) is 14.6. The topological polar surface area (TPSA) is 42.5 Å². The standard InChI is InChI=1S/C16H15FN2O2S/c1-10-2-3-11(8-13(10)17)18-16(22)19-12-4-5-14-15(9-12)21-7-6-20-14/h2-5,8-9H,6-7H2,1H3,(H2,18,19,22). The van der Waals surface area contributed by atoms with E-state index in [1.165, 1.54) is 6.07 Å². The van der Waals surface area contributed by atoms with Crippen molar-refractivity contribution < 1.29 is 13.9 Å². The van der Waals surface area contributed by atoms with Gasteiger partial charge in [-0.25, -0.2) is 4.39 Å². The number of benzene rings is 2. The molecule has 0 bridgehead atoms. The molecular formula is C16H15FN2O2S. The number of nitrogens with one attached hydrogen (secondary N) is 2. The lowest BCUT2D eigenvalue weighted by Crippen LogP contribution is -2.20. The molecule has 1 heterocycles. The van der Waals surface area contributed by atoms with Crippen molar-refractivity contribution in [1.29, 1.82) is 0 Å². The second kappa shape index (κ2) is 6.19. The van der Waals surface area contributed by atoms with Gasteiger partial charge in [0.1, 0.15) is 19.0 Å². The van der Waals surface area contributed by atoms with Crippen molar-refractivity contribution in [1.82, 2.24) is 0 Å². The van der Waals surface area contributed by atoms with Crippen LogP contribution in [0, 0.1) is 12.7 Å². The third kappa shape index (κ3) is 3.28. The van der Waals surface area contributed by atoms with Gasteiger partial charge in [-0.15, -0.1) is 0 Å². The summed E-state index contributed by atoms with van der Waals surface area (Å²) < 4.78 is 24.5. The summed E-state index contributed by atoms with van der Waals surface area (Å²) in [5, 5.41) is 6.36. The van der Waals surface area contributed by atoms with Crippen molar-refractivity contribution in [3.63, 3.8) is 0 Å². The zero-order chi connectivity index (χ0) is 15.5. The van der Waals surface area contributed by atoms with Gasteiger partial charge >= 0.3 is 0 Å². The fourth-order valence-corrected chi connectivity index (χ4v) is 2.32. The SMILES string of the molecule is Cc1ccc(NC(=S)Nc2ccc3c(c2)OCCO3)cc1F. The van der Waals surface area contributed by atoms with Crippen LogP contribution in [0.25, 0.3) is 0 Å². The first-order chi connectivity index (χ1) is 10.6. The molecule has 0 radical (unpaired) electrons. The third-order valence-corrected chi connectivity index (χ3v) is 3.43. The molecule has 3 rings (SSSR count). The van der Waals surface area contributed by atoms with Gasteiger partial charge in [0.2, 0.25) is 0 Å². The Morgan fingerprint density at radius 2 is 1.64 bits per heavy atom. The molecule has 0 aliphatic carbocycles. The van der Waals surface area contributed by atoms with E-state index in [1.54, 1.807) is 19.1 Å². The van der Waals surface area contributed by atoms with Crippen molar-refractivity contribution in [2.24, 2.45) is 0 Å². The van der Waals surface area contributed by atoms with Crippen LogP contribution in [0.15, 0.2) is 36.4 Å². The lowest BCUT2D eigenvalue weighted by Gasteiger charge is -2.19. The number of hydrogen-bond acceptors (Lipinski definition) is 3. The zero-order valence-corrected chi connectivity index (χ0v) is 12.8. The predicted octanol–water partition coefficient (Wildman–Crippen LogP) is 3.71. The Morgan fingerprint density at radius 1 is 1.00 bits per heavy atom. The highest BCUT2D eigenvalue weighted by molar-refractivity contribution is 7.80. The van der Waals surface area contributed by atoms with E-state index in [9.17, 15) is 4.39 Å². The fourth-order valence-electron chi connectivity index (χ4n) is 2.09. The Balaban J connectivity index is 1.67. The molecule has 0 atom stereocenters. The smallest absolute Gasteiger partial charge is 0.175 e. The highest BCUT2D eigenvalue weighted by atomic mass is 32.1. The molecule has 1 aliphatic rings. The minimum Gasteiger partial charge on any atom is -0.486 e. The maximum Gasteiger partial charge on any atom is 0.175 e. The Hall–Kier alpha value is -2.34. The van der Waals surface area contributed by atoms with Crippen molar-refractivity contribution in [2.75, 3.05) is 23.8 Å². The highest BCUT2D eigenvalue weighted by Gasteiger charge is 2.12. The molecule has 0 spiro atoms. The Morgan fingerprint density at radius 3 is 2.36 bits per heavy atom. The van der Waals surface area contributed by atoms with E-state index in [0.29, 0.717) is 35.3 Å². The van der Waals surface area contributed by atoms with Gasteiger partial charge in [-0.2, -0.15) is 0 Å².